The molecule has 4 atom stereocenters. The van der Waals surface area contributed by atoms with Gasteiger partial charge in [-0.2, -0.15) is 0 Å². The topological polar surface area (TPSA) is 66.8 Å². The Labute approximate surface area is 112 Å². The van der Waals surface area contributed by atoms with Crippen molar-refractivity contribution in [3.05, 3.63) is 12.2 Å². The summed E-state index contributed by atoms with van der Waals surface area (Å²) in [4.78, 5) is 25.8. The number of aliphatic carboxylic acids is 1. The van der Waals surface area contributed by atoms with Gasteiger partial charge in [-0.25, -0.2) is 0 Å². The second-order valence-corrected chi connectivity index (χ2v) is 5.58. The number of fused-ring (bicyclic) bond motifs is 2. The summed E-state index contributed by atoms with van der Waals surface area (Å²) in [5.41, 5.74) is 0. The average Bonchev–Trinajstić information content (AvgIpc) is 2.89. The summed E-state index contributed by atoms with van der Waals surface area (Å²) in [6.07, 6.45) is 7.17. The van der Waals surface area contributed by atoms with E-state index in [9.17, 15) is 14.7 Å². The third-order valence-corrected chi connectivity index (χ3v) is 4.39. The van der Waals surface area contributed by atoms with Crippen molar-refractivity contribution < 1.29 is 19.4 Å². The number of rotatable bonds is 2. The Kier molecular flexibility index (Phi) is 3.31. The standard InChI is InChI=1S/C14H19NO4/c16-13(15-7-3-1-2-4-8-15)11-9-5-6-10(19-9)12(11)14(17)18/h5-6,9-12H,1-4,7-8H2,(H,17,18)/t9-,10-,11+,12+/m1/s1. The zero-order valence-electron chi connectivity index (χ0n) is 10.8. The number of carboxylic acid groups (broad SMARTS) is 1. The summed E-state index contributed by atoms with van der Waals surface area (Å²) < 4.78 is 5.56. The molecule has 5 heteroatoms. The normalized spacial score (nSPS) is 37.4. The molecule has 0 spiro atoms. The number of amides is 1. The molecule has 2 bridgehead atoms. The van der Waals surface area contributed by atoms with Crippen LogP contribution in [0.2, 0.25) is 0 Å². The van der Waals surface area contributed by atoms with Crippen LogP contribution in [0.15, 0.2) is 12.2 Å². The summed E-state index contributed by atoms with van der Waals surface area (Å²) in [5.74, 6) is -2.22. The molecule has 0 saturated carbocycles. The first-order valence-corrected chi connectivity index (χ1v) is 7.04. The van der Waals surface area contributed by atoms with Crippen LogP contribution in [0.5, 0.6) is 0 Å². The maximum absolute atomic E-state index is 12.6. The fourth-order valence-corrected chi connectivity index (χ4v) is 3.40. The van der Waals surface area contributed by atoms with Crippen LogP contribution in [0.3, 0.4) is 0 Å². The second-order valence-electron chi connectivity index (χ2n) is 5.58. The van der Waals surface area contributed by atoms with E-state index in [4.69, 9.17) is 4.74 Å². The minimum atomic E-state index is -0.926. The number of likely N-dealkylation sites (tertiary alicyclic amines) is 1. The third kappa shape index (κ3) is 2.16. The van der Waals surface area contributed by atoms with Crippen molar-refractivity contribution in [2.75, 3.05) is 13.1 Å². The van der Waals surface area contributed by atoms with E-state index in [1.807, 2.05) is 11.0 Å². The lowest BCUT2D eigenvalue weighted by molar-refractivity contribution is -0.149. The van der Waals surface area contributed by atoms with Crippen molar-refractivity contribution in [2.24, 2.45) is 11.8 Å². The molecule has 0 aliphatic carbocycles. The Hall–Kier alpha value is -1.36. The fourth-order valence-electron chi connectivity index (χ4n) is 3.40. The third-order valence-electron chi connectivity index (χ3n) is 4.39. The Balaban J connectivity index is 1.78. The van der Waals surface area contributed by atoms with Crippen molar-refractivity contribution in [1.29, 1.82) is 0 Å². The summed E-state index contributed by atoms with van der Waals surface area (Å²) in [7, 11) is 0. The van der Waals surface area contributed by atoms with Crippen LogP contribution in [-0.2, 0) is 14.3 Å². The molecule has 1 amide bonds. The van der Waals surface area contributed by atoms with Gasteiger partial charge >= 0.3 is 5.97 Å². The summed E-state index contributed by atoms with van der Waals surface area (Å²) >= 11 is 0. The van der Waals surface area contributed by atoms with Crippen molar-refractivity contribution in [1.82, 2.24) is 4.90 Å². The summed E-state index contributed by atoms with van der Waals surface area (Å²) in [5, 5.41) is 9.32. The zero-order chi connectivity index (χ0) is 13.4. The molecular formula is C14H19NO4. The SMILES string of the molecule is O=C(O)[C@@H]1[C@@H](C(=O)N2CCCCCC2)[C@H]2C=C[C@H]1O2. The Morgan fingerprint density at radius 3 is 2.16 bits per heavy atom. The molecule has 104 valence electrons. The van der Waals surface area contributed by atoms with Crippen LogP contribution in [0, 0.1) is 11.8 Å². The van der Waals surface area contributed by atoms with Crippen molar-refractivity contribution in [3.63, 3.8) is 0 Å². The van der Waals surface area contributed by atoms with Crippen LogP contribution in [0.25, 0.3) is 0 Å². The van der Waals surface area contributed by atoms with Gasteiger partial charge in [-0.3, -0.25) is 9.59 Å². The smallest absolute Gasteiger partial charge is 0.310 e. The van der Waals surface area contributed by atoms with Crippen molar-refractivity contribution >= 4 is 11.9 Å². The number of carbonyl (C=O) groups excluding carboxylic acids is 1. The molecule has 3 aliphatic heterocycles. The highest BCUT2D eigenvalue weighted by atomic mass is 16.5. The molecule has 2 fully saturated rings. The Bertz CT molecular complexity index is 412. The van der Waals surface area contributed by atoms with Gasteiger partial charge in [0.05, 0.1) is 18.1 Å². The van der Waals surface area contributed by atoms with Gasteiger partial charge in [-0.15, -0.1) is 0 Å². The van der Waals surface area contributed by atoms with E-state index >= 15 is 0 Å². The number of carboxylic acids is 1. The van der Waals surface area contributed by atoms with E-state index in [0.29, 0.717) is 0 Å². The predicted molar refractivity (Wildman–Crippen MR) is 67.5 cm³/mol. The van der Waals surface area contributed by atoms with Gasteiger partial charge in [0, 0.05) is 13.1 Å². The largest absolute Gasteiger partial charge is 0.481 e. The lowest BCUT2D eigenvalue weighted by atomic mass is 9.82. The fraction of sp³-hybridized carbons (Fsp3) is 0.714. The van der Waals surface area contributed by atoms with E-state index in [1.54, 1.807) is 6.08 Å². The number of hydrogen-bond donors (Lipinski definition) is 1. The van der Waals surface area contributed by atoms with Gasteiger partial charge in [-0.05, 0) is 12.8 Å². The van der Waals surface area contributed by atoms with Gasteiger partial charge < -0.3 is 14.7 Å². The Morgan fingerprint density at radius 2 is 1.58 bits per heavy atom. The van der Waals surface area contributed by atoms with Crippen LogP contribution >= 0.6 is 0 Å². The van der Waals surface area contributed by atoms with Crippen molar-refractivity contribution in [3.8, 4) is 0 Å². The van der Waals surface area contributed by atoms with Gasteiger partial charge in [0.2, 0.25) is 5.91 Å². The molecule has 0 aromatic rings. The van der Waals surface area contributed by atoms with Crippen LogP contribution in [0.1, 0.15) is 25.7 Å². The lowest BCUT2D eigenvalue weighted by Gasteiger charge is -2.28. The average molecular weight is 265 g/mol. The van der Waals surface area contributed by atoms with Gasteiger partial charge in [0.25, 0.3) is 0 Å². The number of hydrogen-bond acceptors (Lipinski definition) is 3. The highest BCUT2D eigenvalue weighted by Gasteiger charge is 2.54. The molecule has 19 heavy (non-hydrogen) atoms. The molecule has 2 saturated heterocycles. The van der Waals surface area contributed by atoms with E-state index in [0.717, 1.165) is 38.8 Å². The Morgan fingerprint density at radius 1 is 1.00 bits per heavy atom. The summed E-state index contributed by atoms with van der Waals surface area (Å²) in [6.45, 7) is 1.51. The molecule has 0 aromatic carbocycles. The van der Waals surface area contributed by atoms with Crippen LogP contribution < -0.4 is 0 Å². The molecule has 3 rings (SSSR count). The molecule has 0 unspecified atom stereocenters. The monoisotopic (exact) mass is 265 g/mol. The highest BCUT2D eigenvalue weighted by Crippen LogP contribution is 2.40. The molecule has 1 N–H and O–H groups in total. The zero-order valence-corrected chi connectivity index (χ0v) is 10.8. The maximum atomic E-state index is 12.6. The molecular weight excluding hydrogens is 246 g/mol. The molecule has 0 aromatic heterocycles. The van der Waals surface area contributed by atoms with Gasteiger partial charge in [0.15, 0.2) is 0 Å². The first-order chi connectivity index (χ1) is 9.18. The first-order valence-electron chi connectivity index (χ1n) is 7.04. The predicted octanol–water partition coefficient (Wildman–Crippen LogP) is 1.04. The summed E-state index contributed by atoms with van der Waals surface area (Å²) in [6, 6.07) is 0. The number of carbonyl (C=O) groups is 2. The number of ether oxygens (including phenoxy) is 1. The lowest BCUT2D eigenvalue weighted by Crippen LogP contribution is -2.45. The minimum Gasteiger partial charge on any atom is -0.481 e. The van der Waals surface area contributed by atoms with E-state index < -0.39 is 23.9 Å². The maximum Gasteiger partial charge on any atom is 0.310 e. The van der Waals surface area contributed by atoms with E-state index in [-0.39, 0.29) is 12.0 Å². The second kappa shape index (κ2) is 4.96. The first kappa shape index (κ1) is 12.7. The molecule has 5 nitrogen and oxygen atoms in total. The highest BCUT2D eigenvalue weighted by molar-refractivity contribution is 5.87. The molecule has 3 aliphatic rings. The van der Waals surface area contributed by atoms with Crippen molar-refractivity contribution in [2.45, 2.75) is 37.9 Å². The van der Waals surface area contributed by atoms with Gasteiger partial charge in [-0.1, -0.05) is 25.0 Å². The minimum absolute atomic E-state index is 0.0360. The van der Waals surface area contributed by atoms with E-state index in [2.05, 4.69) is 0 Å². The van der Waals surface area contributed by atoms with Crippen LogP contribution in [-0.4, -0.2) is 47.2 Å². The molecule has 0 radical (unpaired) electrons. The quantitative estimate of drug-likeness (QED) is 0.758. The molecule has 3 heterocycles. The van der Waals surface area contributed by atoms with Gasteiger partial charge in [0.1, 0.15) is 5.92 Å². The number of nitrogens with zero attached hydrogens (tertiary/aromatic N) is 1. The van der Waals surface area contributed by atoms with Crippen LogP contribution in [0.4, 0.5) is 0 Å². The van der Waals surface area contributed by atoms with E-state index in [1.165, 1.54) is 0 Å².